The number of rotatable bonds is 6. The zero-order valence-electron chi connectivity index (χ0n) is 17.0. The van der Waals surface area contributed by atoms with Gasteiger partial charge in [-0.2, -0.15) is 5.10 Å². The normalized spacial score (nSPS) is 11.4. The minimum Gasteiger partial charge on any atom is -0.439 e. The molecule has 2 heterocycles. The summed E-state index contributed by atoms with van der Waals surface area (Å²) in [6.45, 7) is 3.83. The molecule has 0 atom stereocenters. The highest BCUT2D eigenvalue weighted by molar-refractivity contribution is 7.92. The first kappa shape index (κ1) is 22.1. The fraction of sp³-hybridized carbons (Fsp3) is 0.0952. The topological polar surface area (TPSA) is 99.0 Å². The molecule has 4 aromatic rings. The van der Waals surface area contributed by atoms with Crippen LogP contribution in [0.1, 0.15) is 11.4 Å². The van der Waals surface area contributed by atoms with E-state index in [0.717, 1.165) is 11.4 Å². The van der Waals surface area contributed by atoms with E-state index in [9.17, 15) is 8.42 Å². The van der Waals surface area contributed by atoms with Crippen molar-refractivity contribution < 1.29 is 13.2 Å². The number of anilines is 1. The Hall–Kier alpha value is -3.14. The van der Waals surface area contributed by atoms with Crippen molar-refractivity contribution in [2.45, 2.75) is 18.7 Å². The number of sulfonamides is 1. The number of aryl methyl sites for hydroxylation is 2. The lowest BCUT2D eigenvalue weighted by Gasteiger charge is -2.11. The van der Waals surface area contributed by atoms with Gasteiger partial charge in [-0.1, -0.05) is 23.2 Å². The van der Waals surface area contributed by atoms with E-state index >= 15 is 0 Å². The van der Waals surface area contributed by atoms with E-state index in [1.807, 2.05) is 19.9 Å². The molecular weight excluding hydrogens is 473 g/mol. The summed E-state index contributed by atoms with van der Waals surface area (Å²) >= 11 is 11.9. The van der Waals surface area contributed by atoms with E-state index in [-0.39, 0.29) is 14.9 Å². The minimum absolute atomic E-state index is 0.0732. The SMILES string of the molecule is Cc1cc(C)n(-c2cc(Oc3ccc(NS(=O)(=O)c4cc(Cl)ccc4Cl)cc3)ncn2)n1. The van der Waals surface area contributed by atoms with Crippen LogP contribution in [-0.2, 0) is 10.0 Å². The molecule has 8 nitrogen and oxygen atoms in total. The molecule has 32 heavy (non-hydrogen) atoms. The molecule has 11 heteroatoms. The Morgan fingerprint density at radius 1 is 0.969 bits per heavy atom. The van der Waals surface area contributed by atoms with E-state index in [2.05, 4.69) is 19.8 Å². The van der Waals surface area contributed by atoms with Crippen LogP contribution in [0.3, 0.4) is 0 Å². The zero-order valence-corrected chi connectivity index (χ0v) is 19.3. The number of aromatic nitrogens is 4. The first-order chi connectivity index (χ1) is 15.2. The Morgan fingerprint density at radius 3 is 2.41 bits per heavy atom. The number of hydrogen-bond acceptors (Lipinski definition) is 6. The number of ether oxygens (including phenoxy) is 1. The third-order valence-corrected chi connectivity index (χ3v) is 6.46. The number of nitrogens with zero attached hydrogens (tertiary/aromatic N) is 4. The van der Waals surface area contributed by atoms with Crippen molar-refractivity contribution in [3.8, 4) is 17.4 Å². The summed E-state index contributed by atoms with van der Waals surface area (Å²) in [7, 11) is -3.91. The van der Waals surface area contributed by atoms with Gasteiger partial charge in [0, 0.05) is 22.5 Å². The molecule has 0 aliphatic rings. The maximum atomic E-state index is 12.6. The molecule has 0 saturated heterocycles. The number of benzene rings is 2. The summed E-state index contributed by atoms with van der Waals surface area (Å²) in [5.41, 5.74) is 2.14. The summed E-state index contributed by atoms with van der Waals surface area (Å²) in [6, 6.07) is 14.2. The molecular formula is C21H17Cl2N5O3S. The molecule has 0 amide bonds. The molecule has 0 spiro atoms. The summed E-state index contributed by atoms with van der Waals surface area (Å²) in [4.78, 5) is 8.25. The molecule has 2 aromatic heterocycles. The van der Waals surface area contributed by atoms with Gasteiger partial charge in [-0.25, -0.2) is 23.1 Å². The van der Waals surface area contributed by atoms with Gasteiger partial charge in [0.2, 0.25) is 5.88 Å². The van der Waals surface area contributed by atoms with Gasteiger partial charge in [0.05, 0.1) is 10.7 Å². The second kappa shape index (κ2) is 8.78. The summed E-state index contributed by atoms with van der Waals surface area (Å²) in [5, 5.41) is 4.74. The highest BCUT2D eigenvalue weighted by Crippen LogP contribution is 2.28. The van der Waals surface area contributed by atoms with Gasteiger partial charge in [0.25, 0.3) is 10.0 Å². The van der Waals surface area contributed by atoms with Crippen LogP contribution in [0.4, 0.5) is 5.69 Å². The molecule has 4 rings (SSSR count). The minimum atomic E-state index is -3.91. The fourth-order valence-electron chi connectivity index (χ4n) is 2.97. The van der Waals surface area contributed by atoms with Crippen LogP contribution in [-0.4, -0.2) is 28.2 Å². The van der Waals surface area contributed by atoms with Crippen LogP contribution < -0.4 is 9.46 Å². The van der Waals surface area contributed by atoms with E-state index < -0.39 is 10.0 Å². The van der Waals surface area contributed by atoms with Gasteiger partial charge < -0.3 is 4.74 Å². The van der Waals surface area contributed by atoms with Crippen LogP contribution in [0.15, 0.2) is 65.8 Å². The number of nitrogens with one attached hydrogen (secondary N) is 1. The van der Waals surface area contributed by atoms with Gasteiger partial charge >= 0.3 is 0 Å². The van der Waals surface area contributed by atoms with Crippen LogP contribution in [0.25, 0.3) is 5.82 Å². The Morgan fingerprint density at radius 2 is 1.72 bits per heavy atom. The molecule has 0 radical (unpaired) electrons. The van der Waals surface area contributed by atoms with Gasteiger partial charge in [0.15, 0.2) is 5.82 Å². The summed E-state index contributed by atoms with van der Waals surface area (Å²) in [5.74, 6) is 1.36. The van der Waals surface area contributed by atoms with E-state index in [0.29, 0.717) is 23.1 Å². The van der Waals surface area contributed by atoms with Crippen molar-refractivity contribution in [3.05, 3.63) is 82.4 Å². The molecule has 0 aliphatic heterocycles. The predicted octanol–water partition coefficient (Wildman–Crippen LogP) is 5.18. The molecule has 0 saturated carbocycles. The van der Waals surface area contributed by atoms with Crippen molar-refractivity contribution in [1.82, 2.24) is 19.7 Å². The van der Waals surface area contributed by atoms with E-state index in [1.165, 1.54) is 24.5 Å². The first-order valence-corrected chi connectivity index (χ1v) is 11.6. The van der Waals surface area contributed by atoms with Crippen LogP contribution in [0.5, 0.6) is 11.6 Å². The molecule has 0 unspecified atom stereocenters. The number of halogens is 2. The summed E-state index contributed by atoms with van der Waals surface area (Å²) in [6.07, 6.45) is 1.39. The van der Waals surface area contributed by atoms with Gasteiger partial charge in [-0.3, -0.25) is 4.72 Å². The standard InChI is InChI=1S/C21H17Cl2N5O3S/c1-13-9-14(2)28(26-13)20-11-21(25-12-24-20)31-17-6-4-16(5-7-17)27-32(29,30)19-10-15(22)3-8-18(19)23/h3-12,27H,1-2H3. The Balaban J connectivity index is 1.51. The second-order valence-electron chi connectivity index (χ2n) is 6.86. The molecule has 2 aromatic carbocycles. The van der Waals surface area contributed by atoms with E-state index in [1.54, 1.807) is 35.0 Å². The molecule has 0 bridgehead atoms. The van der Waals surface area contributed by atoms with Crippen molar-refractivity contribution >= 4 is 38.9 Å². The molecule has 164 valence electrons. The fourth-order valence-corrected chi connectivity index (χ4v) is 4.79. The molecule has 0 fully saturated rings. The third kappa shape index (κ3) is 4.85. The lowest BCUT2D eigenvalue weighted by atomic mass is 10.3. The lowest BCUT2D eigenvalue weighted by Crippen LogP contribution is -2.13. The van der Waals surface area contributed by atoms with E-state index in [4.69, 9.17) is 27.9 Å². The largest absolute Gasteiger partial charge is 0.439 e. The quantitative estimate of drug-likeness (QED) is 0.400. The van der Waals surface area contributed by atoms with Crippen LogP contribution in [0.2, 0.25) is 10.0 Å². The van der Waals surface area contributed by atoms with Crippen molar-refractivity contribution in [1.29, 1.82) is 0 Å². The highest BCUT2D eigenvalue weighted by Gasteiger charge is 2.18. The predicted molar refractivity (Wildman–Crippen MR) is 122 cm³/mol. The maximum Gasteiger partial charge on any atom is 0.263 e. The van der Waals surface area contributed by atoms with Crippen molar-refractivity contribution in [2.75, 3.05) is 4.72 Å². The summed E-state index contributed by atoms with van der Waals surface area (Å²) < 4.78 is 35.2. The lowest BCUT2D eigenvalue weighted by molar-refractivity contribution is 0.460. The average Bonchev–Trinajstić information content (AvgIpc) is 3.09. The monoisotopic (exact) mass is 489 g/mol. The molecule has 1 N–H and O–H groups in total. The smallest absolute Gasteiger partial charge is 0.263 e. The Bertz CT molecular complexity index is 1390. The maximum absolute atomic E-state index is 12.6. The molecule has 0 aliphatic carbocycles. The third-order valence-electron chi connectivity index (χ3n) is 4.37. The van der Waals surface area contributed by atoms with Crippen LogP contribution >= 0.6 is 23.2 Å². The van der Waals surface area contributed by atoms with Gasteiger partial charge in [-0.05, 0) is 62.4 Å². The van der Waals surface area contributed by atoms with Gasteiger partial charge in [0.1, 0.15) is 17.0 Å². The second-order valence-corrected chi connectivity index (χ2v) is 9.35. The zero-order chi connectivity index (χ0) is 22.9. The Kier molecular flexibility index (Phi) is 6.05. The average molecular weight is 490 g/mol. The Labute approximate surface area is 194 Å². The highest BCUT2D eigenvalue weighted by atomic mass is 35.5. The van der Waals surface area contributed by atoms with Crippen LogP contribution in [0, 0.1) is 13.8 Å². The first-order valence-electron chi connectivity index (χ1n) is 9.33. The van der Waals surface area contributed by atoms with Gasteiger partial charge in [-0.15, -0.1) is 0 Å². The van der Waals surface area contributed by atoms with Crippen molar-refractivity contribution in [2.24, 2.45) is 0 Å². The number of hydrogen-bond donors (Lipinski definition) is 1. The van der Waals surface area contributed by atoms with Crippen molar-refractivity contribution in [3.63, 3.8) is 0 Å².